The Bertz CT molecular complexity index is 1670. The zero-order valence-electron chi connectivity index (χ0n) is 26.1. The first kappa shape index (κ1) is 34.2. The number of hydrogen-bond acceptors (Lipinski definition) is 7. The summed E-state index contributed by atoms with van der Waals surface area (Å²) in [5.41, 5.74) is 0.349. The van der Waals surface area contributed by atoms with Gasteiger partial charge in [-0.3, -0.25) is 14.3 Å². The van der Waals surface area contributed by atoms with Crippen molar-refractivity contribution in [1.82, 2.24) is 19.4 Å². The summed E-state index contributed by atoms with van der Waals surface area (Å²) in [6, 6.07) is 8.17. The number of carbonyl (C=O) groups excluding carboxylic acids is 1. The summed E-state index contributed by atoms with van der Waals surface area (Å²) in [5, 5.41) is 2.15. The van der Waals surface area contributed by atoms with Gasteiger partial charge in [0.2, 0.25) is 5.91 Å². The van der Waals surface area contributed by atoms with Crippen LogP contribution in [0.1, 0.15) is 45.2 Å². The first-order valence-corrected chi connectivity index (χ1v) is 16.8. The zero-order chi connectivity index (χ0) is 32.9. The predicted molar refractivity (Wildman–Crippen MR) is 178 cm³/mol. The Hall–Kier alpha value is -3.64. The van der Waals surface area contributed by atoms with Gasteiger partial charge in [-0.05, 0) is 74.2 Å². The van der Waals surface area contributed by atoms with E-state index in [0.29, 0.717) is 52.5 Å². The van der Waals surface area contributed by atoms with Gasteiger partial charge in [0.25, 0.3) is 0 Å². The van der Waals surface area contributed by atoms with Crippen LogP contribution in [0.3, 0.4) is 0 Å². The quantitative estimate of drug-likeness (QED) is 0.211. The van der Waals surface area contributed by atoms with Gasteiger partial charge in [0.15, 0.2) is 0 Å². The smallest absolute Gasteiger partial charge is 0.352 e. The van der Waals surface area contributed by atoms with Crippen molar-refractivity contribution >= 4 is 45.7 Å². The molecule has 0 bridgehead atoms. The number of rotatable bonds is 3. The normalized spacial score (nSPS) is 17.9. The molecule has 0 spiro atoms. The van der Waals surface area contributed by atoms with E-state index in [9.17, 15) is 22.8 Å². The summed E-state index contributed by atoms with van der Waals surface area (Å²) in [6.45, 7) is 14.3. The van der Waals surface area contributed by atoms with Crippen LogP contribution in [0.4, 0.5) is 19.0 Å². The van der Waals surface area contributed by atoms with Crippen molar-refractivity contribution in [1.29, 1.82) is 0 Å². The average molecular weight is 658 g/mol. The Labute approximate surface area is 269 Å². The fraction of sp³-hybridized carbons (Fsp3) is 0.394. The second-order valence-electron chi connectivity index (χ2n) is 10.7. The third-order valence-corrected chi connectivity index (χ3v) is 9.71. The van der Waals surface area contributed by atoms with Crippen molar-refractivity contribution in [3.05, 3.63) is 82.4 Å². The topological polar surface area (TPSA) is 71.3 Å². The van der Waals surface area contributed by atoms with Gasteiger partial charge in [-0.15, -0.1) is 23.1 Å². The van der Waals surface area contributed by atoms with E-state index in [1.54, 1.807) is 23.4 Å². The van der Waals surface area contributed by atoms with Gasteiger partial charge in [0, 0.05) is 64.8 Å². The maximum atomic E-state index is 14.6. The third kappa shape index (κ3) is 7.27. The van der Waals surface area contributed by atoms with Crippen LogP contribution >= 0.6 is 23.1 Å². The van der Waals surface area contributed by atoms with E-state index in [1.807, 2.05) is 63.1 Å². The Balaban J connectivity index is 0.000000509. The number of alkyl halides is 3. The Morgan fingerprint density at radius 1 is 1.09 bits per heavy atom. The predicted octanol–water partition coefficient (Wildman–Crippen LogP) is 7.67. The van der Waals surface area contributed by atoms with E-state index in [1.165, 1.54) is 39.8 Å². The molecule has 1 saturated heterocycles. The molecule has 1 fully saturated rings. The molecule has 7 nitrogen and oxygen atoms in total. The number of halogens is 3. The fourth-order valence-corrected chi connectivity index (χ4v) is 7.99. The number of piperazine rings is 1. The first-order chi connectivity index (χ1) is 21.5. The van der Waals surface area contributed by atoms with Crippen LogP contribution in [0.25, 0.3) is 21.3 Å². The van der Waals surface area contributed by atoms with Crippen LogP contribution in [-0.4, -0.2) is 56.3 Å². The highest BCUT2D eigenvalue weighted by molar-refractivity contribution is 7.99. The largest absolute Gasteiger partial charge is 0.417 e. The summed E-state index contributed by atoms with van der Waals surface area (Å²) in [6.07, 6.45) is 0.814. The van der Waals surface area contributed by atoms with Crippen LogP contribution < -0.4 is 10.6 Å². The minimum atomic E-state index is -4.60. The van der Waals surface area contributed by atoms with Gasteiger partial charge in [-0.25, -0.2) is 4.79 Å². The molecule has 2 aliphatic heterocycles. The molecule has 45 heavy (non-hydrogen) atoms. The van der Waals surface area contributed by atoms with Gasteiger partial charge in [0.1, 0.15) is 5.82 Å². The van der Waals surface area contributed by atoms with E-state index in [2.05, 4.69) is 16.5 Å². The van der Waals surface area contributed by atoms with Gasteiger partial charge in [0.05, 0.1) is 11.1 Å². The van der Waals surface area contributed by atoms with Crippen LogP contribution in [0, 0.1) is 6.92 Å². The van der Waals surface area contributed by atoms with Crippen molar-refractivity contribution in [2.75, 3.05) is 23.7 Å². The van der Waals surface area contributed by atoms with Gasteiger partial charge < -0.3 is 9.80 Å². The van der Waals surface area contributed by atoms with Crippen LogP contribution in [-0.2, 0) is 17.5 Å². The van der Waals surface area contributed by atoms with E-state index < -0.39 is 17.4 Å². The lowest BCUT2D eigenvalue weighted by molar-refractivity contribution is -0.137. The first-order valence-electron chi connectivity index (χ1n) is 14.9. The molecule has 0 radical (unpaired) electrons. The highest BCUT2D eigenvalue weighted by atomic mass is 32.2. The molecule has 2 aliphatic rings. The molecule has 0 N–H and O–H groups in total. The molecule has 0 saturated carbocycles. The molecule has 0 aliphatic carbocycles. The minimum Gasteiger partial charge on any atom is -0.352 e. The molecule has 4 aromatic rings. The lowest BCUT2D eigenvalue weighted by Crippen LogP contribution is -2.58. The molecule has 5 heterocycles. The monoisotopic (exact) mass is 657 g/mol. The maximum absolute atomic E-state index is 14.6. The van der Waals surface area contributed by atoms with Crippen LogP contribution in [0.5, 0.6) is 0 Å². The van der Waals surface area contributed by atoms with Crippen molar-refractivity contribution < 1.29 is 18.0 Å². The third-order valence-electron chi connectivity index (χ3n) is 7.47. The van der Waals surface area contributed by atoms with Crippen molar-refractivity contribution in [2.24, 2.45) is 0 Å². The highest BCUT2D eigenvalue weighted by Gasteiger charge is 2.39. The summed E-state index contributed by atoms with van der Waals surface area (Å²) >= 11 is 2.65. The summed E-state index contributed by atoms with van der Waals surface area (Å²) < 4.78 is 45.3. The number of carbonyl (C=O) groups is 1. The fourth-order valence-electron chi connectivity index (χ4n) is 5.76. The molecule has 240 valence electrons. The second kappa shape index (κ2) is 14.6. The van der Waals surface area contributed by atoms with Crippen LogP contribution in [0.2, 0.25) is 0 Å². The zero-order valence-corrected chi connectivity index (χ0v) is 27.7. The summed E-state index contributed by atoms with van der Waals surface area (Å²) in [5.74, 6) is 0.636. The maximum Gasteiger partial charge on any atom is 0.417 e. The van der Waals surface area contributed by atoms with Gasteiger partial charge in [-0.2, -0.15) is 18.2 Å². The molecular weight excluding hydrogens is 620 g/mol. The van der Waals surface area contributed by atoms with E-state index >= 15 is 0 Å². The molecule has 1 aromatic carbocycles. The number of thiophene rings is 1. The molecule has 1 amide bonds. The van der Waals surface area contributed by atoms with E-state index in [4.69, 9.17) is 0 Å². The number of aromatic nitrogens is 3. The SMILES string of the molecule is C=CC(=O)N1C(C)CN(c2nc(=O)n3c4c(c(-c5cc(C)cs5)c(C(F)(F)F)cc24)SCCC3)CC1C.CC.c1ccncc1. The van der Waals surface area contributed by atoms with E-state index in [-0.39, 0.29) is 29.4 Å². The number of benzene rings is 1. The number of amides is 1. The Morgan fingerprint density at radius 2 is 1.76 bits per heavy atom. The van der Waals surface area contributed by atoms with Gasteiger partial charge >= 0.3 is 11.9 Å². The van der Waals surface area contributed by atoms with Crippen LogP contribution in [0.15, 0.2) is 70.5 Å². The summed E-state index contributed by atoms with van der Waals surface area (Å²) in [4.78, 5) is 38.4. The lowest BCUT2D eigenvalue weighted by atomic mass is 10.00. The van der Waals surface area contributed by atoms with Crippen molar-refractivity contribution in [3.63, 3.8) is 0 Å². The Kier molecular flexibility index (Phi) is 11.1. The number of pyridine rings is 1. The van der Waals surface area contributed by atoms with Crippen molar-refractivity contribution in [2.45, 2.75) is 70.7 Å². The van der Waals surface area contributed by atoms with Gasteiger partial charge in [-0.1, -0.05) is 26.5 Å². The standard InChI is InChI=1S/C26H27F3N4O2S2.C5H5N.C2H6/c1-5-20(34)33-15(3)11-31(12-16(33)4)24-17-10-18(26(27,28)29)21(19-9-14(2)13-37-19)23-22(17)32(25(35)30-24)7-6-8-36-23;1-2-4-6-5-3-1;1-2/h5,9-10,13,15-16H,1,6-8,11-12H2,2-4H3;1-5H;1-2H3. The molecular formula is C33H38F3N5O2S2. The number of hydrogen-bond donors (Lipinski definition) is 0. The summed E-state index contributed by atoms with van der Waals surface area (Å²) in [7, 11) is 0. The molecule has 2 atom stereocenters. The second-order valence-corrected chi connectivity index (χ2v) is 12.7. The number of aryl methyl sites for hydroxylation is 2. The average Bonchev–Trinajstić information content (AvgIpc) is 3.32. The Morgan fingerprint density at radius 3 is 2.27 bits per heavy atom. The molecule has 12 heteroatoms. The number of anilines is 1. The number of thioether (sulfide) groups is 1. The molecule has 2 unspecified atom stereocenters. The molecule has 3 aromatic heterocycles. The lowest BCUT2D eigenvalue weighted by Gasteiger charge is -2.44. The minimum absolute atomic E-state index is 0.137. The highest BCUT2D eigenvalue weighted by Crippen LogP contribution is 2.49. The van der Waals surface area contributed by atoms with Crippen molar-refractivity contribution in [3.8, 4) is 10.4 Å². The number of nitrogens with zero attached hydrogens (tertiary/aromatic N) is 5. The van der Waals surface area contributed by atoms with E-state index in [0.717, 1.165) is 5.56 Å². The molecule has 6 rings (SSSR count).